The topological polar surface area (TPSA) is 168 Å². The summed E-state index contributed by atoms with van der Waals surface area (Å²) in [6, 6.07) is 24.8. The Morgan fingerprint density at radius 1 is 0.443 bits per heavy atom. The monoisotopic (exact) mass is 1200 g/mol. The van der Waals surface area contributed by atoms with E-state index >= 15 is 0 Å². The van der Waals surface area contributed by atoms with Crippen molar-refractivity contribution in [1.82, 2.24) is 0 Å². The van der Waals surface area contributed by atoms with Crippen molar-refractivity contribution in [3.63, 3.8) is 0 Å². The number of benzene rings is 4. The van der Waals surface area contributed by atoms with Crippen molar-refractivity contribution in [3.05, 3.63) is 231 Å². The van der Waals surface area contributed by atoms with Gasteiger partial charge in [-0.05, 0) is 190 Å². The summed E-state index contributed by atoms with van der Waals surface area (Å²) < 4.78 is 12.6. The molecule has 0 unspecified atom stereocenters. The van der Waals surface area contributed by atoms with Crippen molar-refractivity contribution < 1.29 is 49.1 Å². The smallest absolute Gasteiger partial charge is 0.335 e. The van der Waals surface area contributed by atoms with Gasteiger partial charge < -0.3 is 29.9 Å². The third-order valence-corrected chi connectivity index (χ3v) is 14.1. The maximum atomic E-state index is 11.4. The van der Waals surface area contributed by atoms with Crippen molar-refractivity contribution in [3.8, 4) is 11.5 Å². The van der Waals surface area contributed by atoms with Crippen LogP contribution in [-0.2, 0) is 48.1 Å². The summed E-state index contributed by atoms with van der Waals surface area (Å²) in [6.07, 6.45) is 24.0. The lowest BCUT2D eigenvalue weighted by Crippen LogP contribution is -2.20. The van der Waals surface area contributed by atoms with E-state index in [-0.39, 0.29) is 32.6 Å². The SMILES string of the molecule is C=CCCCOc1c(C(C)(C)C)cc(/C(C)=C/C=C/C(C)=C/C(=O)O)cc1C(C)(C)C.CC(/C=C/C=C(\C)c1cc(C(=O)O)cc(C(C)(C)C)c1)=C\C(=O)O.CC(/C=C/C=C(\C)c1cc(OCc2ccc(C(C)(C)C)cc2)cc(C(C)(C)C)c1)=C\C(=O)O. The number of unbranched alkanes of at least 4 members (excludes halogenated alkanes) is 1. The Hall–Kier alpha value is -8.24. The van der Waals surface area contributed by atoms with Gasteiger partial charge >= 0.3 is 23.9 Å². The molecule has 0 radical (unpaired) electrons. The third-order valence-electron chi connectivity index (χ3n) is 14.1. The number of rotatable bonds is 21. The van der Waals surface area contributed by atoms with E-state index < -0.39 is 23.9 Å². The Balaban J connectivity index is 0.000000456. The van der Waals surface area contributed by atoms with Gasteiger partial charge in [0, 0.05) is 29.4 Å². The molecule has 0 aliphatic heterocycles. The number of allylic oxidation sites excluding steroid dienone is 16. The fourth-order valence-corrected chi connectivity index (χ4v) is 8.60. The molecule has 10 heteroatoms. The zero-order valence-corrected chi connectivity index (χ0v) is 56.7. The van der Waals surface area contributed by atoms with E-state index in [9.17, 15) is 24.3 Å². The van der Waals surface area contributed by atoms with Gasteiger partial charge in [-0.15, -0.1) is 6.58 Å². The second-order valence-electron chi connectivity index (χ2n) is 27.6. The molecule has 474 valence electrons. The summed E-state index contributed by atoms with van der Waals surface area (Å²) in [4.78, 5) is 43.5. The number of aliphatic carboxylic acids is 3. The zero-order valence-electron chi connectivity index (χ0n) is 56.7. The summed E-state index contributed by atoms with van der Waals surface area (Å²) in [5.41, 5.74) is 15.3. The van der Waals surface area contributed by atoms with Crippen LogP contribution in [0.4, 0.5) is 0 Å². The predicted molar refractivity (Wildman–Crippen MR) is 368 cm³/mol. The van der Waals surface area contributed by atoms with Crippen LogP contribution in [0.25, 0.3) is 16.7 Å². The number of ether oxygens (including phenoxy) is 2. The highest BCUT2D eigenvalue weighted by atomic mass is 16.5. The maximum Gasteiger partial charge on any atom is 0.335 e. The van der Waals surface area contributed by atoms with E-state index in [4.69, 9.17) is 24.8 Å². The third kappa shape index (κ3) is 27.6. The molecule has 0 aromatic heterocycles. The van der Waals surface area contributed by atoms with Gasteiger partial charge in [0.15, 0.2) is 0 Å². The van der Waals surface area contributed by atoms with Gasteiger partial charge in [-0.3, -0.25) is 0 Å². The molecule has 0 amide bonds. The lowest BCUT2D eigenvalue weighted by atomic mass is 9.77. The highest BCUT2D eigenvalue weighted by Gasteiger charge is 2.28. The molecule has 0 heterocycles. The molecule has 0 atom stereocenters. The minimum absolute atomic E-state index is 0.0145. The van der Waals surface area contributed by atoms with Crippen LogP contribution in [0, 0.1) is 0 Å². The highest BCUT2D eigenvalue weighted by Crippen LogP contribution is 2.42. The summed E-state index contributed by atoms with van der Waals surface area (Å²) in [5, 5.41) is 35.7. The van der Waals surface area contributed by atoms with Gasteiger partial charge in [0.1, 0.15) is 18.1 Å². The molecule has 4 aromatic carbocycles. The van der Waals surface area contributed by atoms with Crippen molar-refractivity contribution in [2.24, 2.45) is 0 Å². The van der Waals surface area contributed by atoms with Gasteiger partial charge in [0.05, 0.1) is 12.2 Å². The molecule has 4 rings (SSSR count). The van der Waals surface area contributed by atoms with Gasteiger partial charge in [-0.25, -0.2) is 19.2 Å². The summed E-state index contributed by atoms with van der Waals surface area (Å²) in [7, 11) is 0. The quantitative estimate of drug-likeness (QED) is 0.0273. The standard InChI is InChI=1S/C30H38O3.C28H40O3.C20H24O4/c1-21(16-28(31)32)10-9-11-22(2)24-17-26(30(6,7)8)19-27(18-24)33-20-23-12-14-25(15-13-23)29(3,4)5;1-10-11-12-16-31-26-23(27(4,5)6)18-22(19-24(26)28(7,8)9)21(3)15-13-14-20(2)17-25(29)30;1-13(9-18(21)22)7-6-8-14(2)15-10-16(19(23)24)12-17(11-15)20(3,4)5/h9-19H,20H2,1-8H3,(H,31,32);10,13-15,17-19H,1,11-12,16H2,2-9H3,(H,29,30);6-12H,1-5H3,(H,21,22)(H,23,24)/b10-9+,21-16+,22-11+;14-13+,20-17+,21-15+;7-6+,13-9+,14-8+. The molecule has 0 aliphatic rings. The maximum absolute atomic E-state index is 11.4. The van der Waals surface area contributed by atoms with Crippen molar-refractivity contribution in [2.75, 3.05) is 6.61 Å². The molecule has 0 saturated carbocycles. The molecule has 10 nitrogen and oxygen atoms in total. The fourth-order valence-electron chi connectivity index (χ4n) is 8.60. The summed E-state index contributed by atoms with van der Waals surface area (Å²) in [5.74, 6) is -1.97. The first-order valence-electron chi connectivity index (χ1n) is 30.0. The van der Waals surface area contributed by atoms with E-state index in [2.05, 4.69) is 158 Å². The number of hydrogen-bond acceptors (Lipinski definition) is 6. The molecule has 88 heavy (non-hydrogen) atoms. The fraction of sp³-hybridized carbons (Fsp3) is 0.385. The number of hydrogen-bond donors (Lipinski definition) is 4. The summed E-state index contributed by atoms with van der Waals surface area (Å²) >= 11 is 0. The van der Waals surface area contributed by atoms with Crippen LogP contribution in [-0.4, -0.2) is 50.9 Å². The van der Waals surface area contributed by atoms with Crippen molar-refractivity contribution in [2.45, 2.75) is 192 Å². The van der Waals surface area contributed by atoms with Crippen LogP contribution in [0.5, 0.6) is 11.5 Å². The first-order chi connectivity index (χ1) is 40.5. The van der Waals surface area contributed by atoms with Gasteiger partial charge in [0.2, 0.25) is 0 Å². The van der Waals surface area contributed by atoms with E-state index in [1.807, 2.05) is 76.3 Å². The van der Waals surface area contributed by atoms with Gasteiger partial charge in [-0.1, -0.05) is 201 Å². The van der Waals surface area contributed by atoms with Crippen LogP contribution in [0.3, 0.4) is 0 Å². The summed E-state index contributed by atoms with van der Waals surface area (Å²) in [6.45, 7) is 48.9. The minimum atomic E-state index is -0.984. The molecular formula is C78H102O10. The molecule has 0 fully saturated rings. The molecular weight excluding hydrogens is 1100 g/mol. The number of carboxylic acid groups (broad SMARTS) is 4. The van der Waals surface area contributed by atoms with Crippen LogP contribution < -0.4 is 9.47 Å². The highest BCUT2D eigenvalue weighted by molar-refractivity contribution is 5.89. The zero-order chi connectivity index (χ0) is 67.1. The van der Waals surface area contributed by atoms with E-state index in [0.29, 0.717) is 29.9 Å². The lowest BCUT2D eigenvalue weighted by Gasteiger charge is -2.31. The van der Waals surface area contributed by atoms with Gasteiger partial charge in [0.25, 0.3) is 0 Å². The van der Waals surface area contributed by atoms with Crippen LogP contribution in [0.15, 0.2) is 175 Å². The first kappa shape index (κ1) is 75.9. The molecule has 0 aliphatic carbocycles. The Morgan fingerprint density at radius 2 is 0.807 bits per heavy atom. The molecule has 0 bridgehead atoms. The Labute approximate surface area is 527 Å². The Morgan fingerprint density at radius 3 is 1.16 bits per heavy atom. The molecule has 4 aromatic rings. The van der Waals surface area contributed by atoms with E-state index in [0.717, 1.165) is 75.0 Å². The van der Waals surface area contributed by atoms with Crippen LogP contribution in [0.2, 0.25) is 0 Å². The Bertz CT molecular complexity index is 3320. The predicted octanol–water partition coefficient (Wildman–Crippen LogP) is 20.1. The largest absolute Gasteiger partial charge is 0.493 e. The number of aromatic carboxylic acids is 1. The lowest BCUT2D eigenvalue weighted by molar-refractivity contribution is -0.132. The minimum Gasteiger partial charge on any atom is -0.493 e. The van der Waals surface area contributed by atoms with Crippen molar-refractivity contribution >= 4 is 40.6 Å². The molecule has 0 spiro atoms. The normalized spacial score (nSPS) is 13.5. The first-order valence-corrected chi connectivity index (χ1v) is 30.0. The Kier molecular flexibility index (Phi) is 29.1. The second-order valence-corrected chi connectivity index (χ2v) is 27.6. The van der Waals surface area contributed by atoms with E-state index in [1.54, 1.807) is 51.1 Å². The number of carbonyl (C=O) groups is 4. The molecule has 4 N–H and O–H groups in total. The van der Waals surface area contributed by atoms with Crippen molar-refractivity contribution in [1.29, 1.82) is 0 Å². The number of carboxylic acids is 4. The second kappa shape index (κ2) is 33.8. The van der Waals surface area contributed by atoms with Crippen LogP contribution in [0.1, 0.15) is 219 Å². The van der Waals surface area contributed by atoms with Gasteiger partial charge in [-0.2, -0.15) is 0 Å². The molecule has 0 saturated heterocycles. The van der Waals surface area contributed by atoms with E-state index in [1.165, 1.54) is 34.4 Å². The van der Waals surface area contributed by atoms with Crippen LogP contribution >= 0.6 is 0 Å². The average Bonchev–Trinajstić information content (AvgIpc) is 1.47. The average molecular weight is 1200 g/mol.